The SMILES string of the molecule is CC(=O)NCC(=O)N1CCC(Nc2ncc(Cl)c(-c3c[nH]c4ccccc34)n2)CC1. The third-order valence-corrected chi connectivity index (χ3v) is 5.53. The van der Waals surface area contributed by atoms with Crippen molar-refractivity contribution in [3.63, 3.8) is 0 Å². The number of hydrogen-bond donors (Lipinski definition) is 3. The molecule has 3 aromatic rings. The number of aromatic amines is 1. The maximum atomic E-state index is 12.1. The average Bonchev–Trinajstić information content (AvgIpc) is 3.18. The Morgan fingerprint density at radius 2 is 2.03 bits per heavy atom. The predicted octanol–water partition coefficient (Wildman–Crippen LogP) is 2.82. The van der Waals surface area contributed by atoms with Gasteiger partial charge in [-0.1, -0.05) is 29.8 Å². The smallest absolute Gasteiger partial charge is 0.241 e. The first-order valence-corrected chi connectivity index (χ1v) is 10.3. The Balaban J connectivity index is 1.42. The van der Waals surface area contributed by atoms with E-state index >= 15 is 0 Å². The van der Waals surface area contributed by atoms with Gasteiger partial charge in [0.1, 0.15) is 0 Å². The van der Waals surface area contributed by atoms with Crippen molar-refractivity contribution in [1.82, 2.24) is 25.2 Å². The topological polar surface area (TPSA) is 103 Å². The highest BCUT2D eigenvalue weighted by atomic mass is 35.5. The van der Waals surface area contributed by atoms with E-state index in [1.807, 2.05) is 30.5 Å². The molecule has 3 heterocycles. The Labute approximate surface area is 179 Å². The lowest BCUT2D eigenvalue weighted by Gasteiger charge is -2.32. The van der Waals surface area contributed by atoms with E-state index in [0.29, 0.717) is 29.8 Å². The van der Waals surface area contributed by atoms with Crippen molar-refractivity contribution in [2.24, 2.45) is 0 Å². The molecule has 1 fully saturated rings. The molecule has 1 aromatic carbocycles. The molecule has 4 rings (SSSR count). The van der Waals surface area contributed by atoms with Gasteiger partial charge in [-0.05, 0) is 18.9 Å². The van der Waals surface area contributed by atoms with Gasteiger partial charge in [0, 0.05) is 48.7 Å². The van der Waals surface area contributed by atoms with Crippen LogP contribution in [0.3, 0.4) is 0 Å². The van der Waals surface area contributed by atoms with Crippen molar-refractivity contribution in [1.29, 1.82) is 0 Å². The number of para-hydroxylation sites is 1. The second kappa shape index (κ2) is 8.71. The quantitative estimate of drug-likeness (QED) is 0.582. The Morgan fingerprint density at radius 1 is 1.27 bits per heavy atom. The molecule has 1 aliphatic heterocycles. The number of H-pyrrole nitrogens is 1. The van der Waals surface area contributed by atoms with Crippen molar-refractivity contribution >= 4 is 40.3 Å². The summed E-state index contributed by atoms with van der Waals surface area (Å²) in [6, 6.07) is 8.15. The van der Waals surface area contributed by atoms with Crippen LogP contribution in [-0.2, 0) is 9.59 Å². The lowest BCUT2D eigenvalue weighted by molar-refractivity contribution is -0.133. The third kappa shape index (κ3) is 4.38. The fourth-order valence-electron chi connectivity index (χ4n) is 3.66. The van der Waals surface area contributed by atoms with Crippen LogP contribution < -0.4 is 10.6 Å². The summed E-state index contributed by atoms with van der Waals surface area (Å²) in [7, 11) is 0. The lowest BCUT2D eigenvalue weighted by Crippen LogP contribution is -2.46. The highest BCUT2D eigenvalue weighted by molar-refractivity contribution is 6.33. The van der Waals surface area contributed by atoms with Crippen LogP contribution in [0.2, 0.25) is 5.02 Å². The normalized spacial score (nSPS) is 14.7. The first-order chi connectivity index (χ1) is 14.5. The number of hydrogen-bond acceptors (Lipinski definition) is 5. The second-order valence-electron chi connectivity index (χ2n) is 7.35. The maximum absolute atomic E-state index is 12.1. The number of fused-ring (bicyclic) bond motifs is 1. The van der Waals surface area contributed by atoms with Gasteiger partial charge >= 0.3 is 0 Å². The third-order valence-electron chi connectivity index (χ3n) is 5.26. The molecule has 0 saturated carbocycles. The molecule has 2 amide bonds. The molecule has 0 unspecified atom stereocenters. The molecular formula is C21H23ClN6O2. The Hall–Kier alpha value is -3.13. The van der Waals surface area contributed by atoms with Crippen molar-refractivity contribution in [2.75, 3.05) is 25.0 Å². The number of nitrogens with one attached hydrogen (secondary N) is 3. The minimum absolute atomic E-state index is 0.0434. The van der Waals surface area contributed by atoms with E-state index in [2.05, 4.69) is 25.6 Å². The molecule has 0 radical (unpaired) electrons. The summed E-state index contributed by atoms with van der Waals surface area (Å²) in [6.45, 7) is 2.69. The van der Waals surface area contributed by atoms with Crippen molar-refractivity contribution in [3.8, 4) is 11.3 Å². The molecule has 30 heavy (non-hydrogen) atoms. The zero-order valence-electron chi connectivity index (χ0n) is 16.6. The number of nitrogens with zero attached hydrogens (tertiary/aromatic N) is 3. The number of likely N-dealkylation sites (tertiary alicyclic amines) is 1. The number of rotatable bonds is 5. The number of carbonyl (C=O) groups excluding carboxylic acids is 2. The minimum Gasteiger partial charge on any atom is -0.360 e. The summed E-state index contributed by atoms with van der Waals surface area (Å²) in [5.74, 6) is 0.251. The monoisotopic (exact) mass is 426 g/mol. The molecule has 8 nitrogen and oxygen atoms in total. The Bertz CT molecular complexity index is 1070. The van der Waals surface area contributed by atoms with Crippen LogP contribution in [0.15, 0.2) is 36.7 Å². The number of piperidine rings is 1. The summed E-state index contributed by atoms with van der Waals surface area (Å²) < 4.78 is 0. The van der Waals surface area contributed by atoms with Crippen molar-refractivity contribution < 1.29 is 9.59 Å². The first-order valence-electron chi connectivity index (χ1n) is 9.89. The number of halogens is 1. The molecule has 2 aromatic heterocycles. The van der Waals surface area contributed by atoms with E-state index < -0.39 is 0 Å². The van der Waals surface area contributed by atoms with Crippen LogP contribution in [0.1, 0.15) is 19.8 Å². The van der Waals surface area contributed by atoms with Gasteiger partial charge in [-0.3, -0.25) is 9.59 Å². The predicted molar refractivity (Wildman–Crippen MR) is 116 cm³/mol. The number of anilines is 1. The van der Waals surface area contributed by atoms with E-state index in [1.165, 1.54) is 6.92 Å². The van der Waals surface area contributed by atoms with Crippen LogP contribution in [0.4, 0.5) is 5.95 Å². The number of amides is 2. The zero-order chi connectivity index (χ0) is 21.1. The largest absolute Gasteiger partial charge is 0.360 e. The summed E-state index contributed by atoms with van der Waals surface area (Å²) >= 11 is 6.40. The number of carbonyl (C=O) groups is 2. The van der Waals surface area contributed by atoms with E-state index in [1.54, 1.807) is 11.1 Å². The van der Waals surface area contributed by atoms with E-state index in [-0.39, 0.29) is 24.4 Å². The standard InChI is InChI=1S/C21H23ClN6O2/c1-13(29)23-12-19(30)28-8-6-14(7-9-28)26-21-25-11-17(22)20(27-21)16-10-24-18-5-3-2-4-15(16)18/h2-5,10-11,14,24H,6-9,12H2,1H3,(H,23,29)(H,25,26,27). The highest BCUT2D eigenvalue weighted by Gasteiger charge is 2.23. The molecule has 3 N–H and O–H groups in total. The lowest BCUT2D eigenvalue weighted by atomic mass is 10.1. The van der Waals surface area contributed by atoms with Crippen LogP contribution >= 0.6 is 11.6 Å². The van der Waals surface area contributed by atoms with E-state index in [9.17, 15) is 9.59 Å². The molecule has 0 aliphatic carbocycles. The minimum atomic E-state index is -0.203. The Morgan fingerprint density at radius 3 is 2.80 bits per heavy atom. The molecular weight excluding hydrogens is 404 g/mol. The van der Waals surface area contributed by atoms with Gasteiger partial charge < -0.3 is 20.5 Å². The average molecular weight is 427 g/mol. The summed E-state index contributed by atoms with van der Waals surface area (Å²) in [4.78, 5) is 37.1. The van der Waals surface area contributed by atoms with Gasteiger partial charge in [-0.15, -0.1) is 0 Å². The zero-order valence-corrected chi connectivity index (χ0v) is 17.4. The molecule has 0 atom stereocenters. The van der Waals surface area contributed by atoms with Gasteiger partial charge in [0.05, 0.1) is 23.5 Å². The molecule has 1 aliphatic rings. The molecule has 0 spiro atoms. The highest BCUT2D eigenvalue weighted by Crippen LogP contribution is 2.32. The van der Waals surface area contributed by atoms with Crippen LogP contribution in [0, 0.1) is 0 Å². The van der Waals surface area contributed by atoms with Crippen LogP contribution in [0.5, 0.6) is 0 Å². The second-order valence-corrected chi connectivity index (χ2v) is 7.75. The summed E-state index contributed by atoms with van der Waals surface area (Å²) in [5.41, 5.74) is 2.63. The van der Waals surface area contributed by atoms with Gasteiger partial charge in [0.2, 0.25) is 17.8 Å². The molecule has 156 valence electrons. The summed E-state index contributed by atoms with van der Waals surface area (Å²) in [6.07, 6.45) is 5.07. The fraction of sp³-hybridized carbons (Fsp3) is 0.333. The summed E-state index contributed by atoms with van der Waals surface area (Å²) in [5, 5.41) is 7.46. The van der Waals surface area contributed by atoms with Crippen molar-refractivity contribution in [2.45, 2.75) is 25.8 Å². The van der Waals surface area contributed by atoms with Crippen molar-refractivity contribution in [3.05, 3.63) is 41.7 Å². The number of aromatic nitrogens is 3. The molecule has 1 saturated heterocycles. The fourth-order valence-corrected chi connectivity index (χ4v) is 3.85. The van der Waals surface area contributed by atoms with Gasteiger partial charge in [-0.2, -0.15) is 0 Å². The number of benzene rings is 1. The van der Waals surface area contributed by atoms with Crippen LogP contribution in [0.25, 0.3) is 22.2 Å². The molecule has 9 heteroatoms. The maximum Gasteiger partial charge on any atom is 0.241 e. The van der Waals surface area contributed by atoms with Gasteiger partial charge in [0.15, 0.2) is 0 Å². The Kier molecular flexibility index (Phi) is 5.85. The van der Waals surface area contributed by atoms with Gasteiger partial charge in [-0.25, -0.2) is 9.97 Å². The van der Waals surface area contributed by atoms with Crippen LogP contribution in [-0.4, -0.2) is 57.3 Å². The van der Waals surface area contributed by atoms with E-state index in [4.69, 9.17) is 11.6 Å². The molecule has 0 bridgehead atoms. The van der Waals surface area contributed by atoms with Gasteiger partial charge in [0.25, 0.3) is 0 Å². The first kappa shape index (κ1) is 20.2. The van der Waals surface area contributed by atoms with E-state index in [0.717, 1.165) is 29.3 Å².